The molecule has 0 saturated heterocycles. The Hall–Kier alpha value is -1.38. The summed E-state index contributed by atoms with van der Waals surface area (Å²) in [5, 5.41) is 22.1. The van der Waals surface area contributed by atoms with Crippen molar-refractivity contribution in [1.29, 1.82) is 0 Å². The number of thioether (sulfide) groups is 1. The van der Waals surface area contributed by atoms with Gasteiger partial charge >= 0.3 is 0 Å². The van der Waals surface area contributed by atoms with Crippen molar-refractivity contribution in [3.05, 3.63) is 6.33 Å². The maximum atomic E-state index is 9.40. The highest BCUT2D eigenvalue weighted by Gasteiger charge is 2.12. The maximum Gasteiger partial charge on any atom is 0.225 e. The van der Waals surface area contributed by atoms with Crippen LogP contribution in [0.4, 0.5) is 5.95 Å². The quantitative estimate of drug-likeness (QED) is 0.436. The number of hydrogen-bond donors (Lipinski definition) is 4. The number of nitrogens with one attached hydrogen (secondary N) is 2. The van der Waals surface area contributed by atoms with Gasteiger partial charge in [0, 0.05) is 12.3 Å². The molecule has 8 heteroatoms. The van der Waals surface area contributed by atoms with Crippen LogP contribution in [0, 0.1) is 0 Å². The number of H-pyrrole nitrogens is 1. The first kappa shape index (κ1) is 14.0. The number of aliphatic hydroxyl groups excluding tert-OH is 2. The molecule has 0 saturated carbocycles. The Kier molecular flexibility index (Phi) is 4.94. The molecule has 2 aromatic heterocycles. The van der Waals surface area contributed by atoms with E-state index in [0.29, 0.717) is 22.4 Å². The van der Waals surface area contributed by atoms with Crippen molar-refractivity contribution in [3.63, 3.8) is 0 Å². The molecule has 2 aromatic rings. The number of fused-ring (bicyclic) bond motifs is 1. The highest BCUT2D eigenvalue weighted by atomic mass is 32.2. The lowest BCUT2D eigenvalue weighted by Crippen LogP contribution is -2.15. The van der Waals surface area contributed by atoms with Crippen molar-refractivity contribution in [2.24, 2.45) is 0 Å². The minimum absolute atomic E-state index is 0.259. The molecule has 0 radical (unpaired) electrons. The Bertz CT molecular complexity index is 533. The molecule has 0 amide bonds. The first-order chi connectivity index (χ1) is 9.24. The number of rotatable bonds is 7. The smallest absolute Gasteiger partial charge is 0.225 e. The second-order valence-electron chi connectivity index (χ2n) is 4.03. The number of aromatic nitrogens is 4. The van der Waals surface area contributed by atoms with E-state index >= 15 is 0 Å². The number of nitrogens with zero attached hydrogens (tertiary/aromatic N) is 3. The van der Waals surface area contributed by atoms with E-state index in [0.717, 1.165) is 18.5 Å². The summed E-state index contributed by atoms with van der Waals surface area (Å²) in [5.41, 5.74) is 1.34. The topological polar surface area (TPSA) is 107 Å². The number of aliphatic hydroxyl groups is 2. The molecule has 0 aliphatic heterocycles. The van der Waals surface area contributed by atoms with Gasteiger partial charge in [-0.2, -0.15) is 4.98 Å². The molecule has 1 atom stereocenters. The Labute approximate surface area is 114 Å². The van der Waals surface area contributed by atoms with Crippen LogP contribution in [-0.2, 0) is 0 Å². The maximum absolute atomic E-state index is 9.40. The van der Waals surface area contributed by atoms with Gasteiger partial charge in [-0.3, -0.25) is 0 Å². The van der Waals surface area contributed by atoms with Gasteiger partial charge in [0.05, 0.1) is 19.0 Å². The lowest BCUT2D eigenvalue weighted by molar-refractivity contribution is 0.113. The van der Waals surface area contributed by atoms with E-state index in [1.54, 1.807) is 6.33 Å². The number of hydrogen-bond acceptors (Lipinski definition) is 7. The van der Waals surface area contributed by atoms with E-state index in [-0.39, 0.29) is 6.61 Å². The Morgan fingerprint density at radius 2 is 2.32 bits per heavy atom. The average molecular weight is 283 g/mol. The summed E-state index contributed by atoms with van der Waals surface area (Å²) in [5.74, 6) is 0.900. The normalized spacial score (nSPS) is 12.8. The third-order valence-corrected chi connectivity index (χ3v) is 3.53. The minimum Gasteiger partial charge on any atom is -0.394 e. The average Bonchev–Trinajstić information content (AvgIpc) is 2.90. The molecule has 0 spiro atoms. The SMILES string of the molecule is CCCNc1nc(SCC(O)CO)c2[nH]cnc2n1. The number of anilines is 1. The summed E-state index contributed by atoms with van der Waals surface area (Å²) < 4.78 is 0. The highest BCUT2D eigenvalue weighted by molar-refractivity contribution is 7.99. The van der Waals surface area contributed by atoms with Crippen molar-refractivity contribution in [1.82, 2.24) is 19.9 Å². The van der Waals surface area contributed by atoms with Gasteiger partial charge < -0.3 is 20.5 Å². The van der Waals surface area contributed by atoms with Crippen LogP contribution >= 0.6 is 11.8 Å². The summed E-state index contributed by atoms with van der Waals surface area (Å²) in [4.78, 5) is 15.8. The van der Waals surface area contributed by atoms with Crippen LogP contribution in [0.25, 0.3) is 11.2 Å². The van der Waals surface area contributed by atoms with Crippen molar-refractivity contribution in [3.8, 4) is 0 Å². The van der Waals surface area contributed by atoms with Crippen molar-refractivity contribution in [2.75, 3.05) is 24.2 Å². The Morgan fingerprint density at radius 1 is 1.47 bits per heavy atom. The van der Waals surface area contributed by atoms with Gasteiger partial charge in [0.2, 0.25) is 5.95 Å². The van der Waals surface area contributed by atoms with Crippen molar-refractivity contribution < 1.29 is 10.2 Å². The largest absolute Gasteiger partial charge is 0.394 e. The number of aromatic amines is 1. The molecule has 1 unspecified atom stereocenters. The van der Waals surface area contributed by atoms with E-state index in [4.69, 9.17) is 5.11 Å². The molecule has 7 nitrogen and oxygen atoms in total. The molecule has 0 aromatic carbocycles. The molecular formula is C11H17N5O2S. The van der Waals surface area contributed by atoms with E-state index in [1.807, 2.05) is 0 Å². The fraction of sp³-hybridized carbons (Fsp3) is 0.545. The molecule has 0 fully saturated rings. The van der Waals surface area contributed by atoms with Crippen LogP contribution in [0.5, 0.6) is 0 Å². The molecule has 4 N–H and O–H groups in total. The van der Waals surface area contributed by atoms with Crippen LogP contribution < -0.4 is 5.32 Å². The highest BCUT2D eigenvalue weighted by Crippen LogP contribution is 2.24. The van der Waals surface area contributed by atoms with Gasteiger partial charge in [0.1, 0.15) is 10.5 Å². The van der Waals surface area contributed by atoms with Gasteiger partial charge in [-0.1, -0.05) is 6.92 Å². The predicted molar refractivity (Wildman–Crippen MR) is 74.3 cm³/mol. The van der Waals surface area contributed by atoms with E-state index < -0.39 is 6.10 Å². The van der Waals surface area contributed by atoms with E-state index in [2.05, 4.69) is 32.2 Å². The molecule has 0 aliphatic rings. The second kappa shape index (κ2) is 6.69. The van der Waals surface area contributed by atoms with Crippen LogP contribution in [0.3, 0.4) is 0 Å². The fourth-order valence-electron chi connectivity index (χ4n) is 1.45. The first-order valence-corrected chi connectivity index (χ1v) is 7.09. The van der Waals surface area contributed by atoms with Crippen molar-refractivity contribution in [2.45, 2.75) is 24.5 Å². The Balaban J connectivity index is 2.21. The third kappa shape index (κ3) is 3.55. The summed E-state index contributed by atoms with van der Waals surface area (Å²) >= 11 is 1.36. The van der Waals surface area contributed by atoms with E-state index in [9.17, 15) is 5.11 Å². The predicted octanol–water partition coefficient (Wildman–Crippen LogP) is 0.620. The molecule has 104 valence electrons. The molecule has 0 bridgehead atoms. The lowest BCUT2D eigenvalue weighted by Gasteiger charge is -2.08. The summed E-state index contributed by atoms with van der Waals surface area (Å²) in [7, 11) is 0. The monoisotopic (exact) mass is 283 g/mol. The molecule has 2 rings (SSSR count). The van der Waals surface area contributed by atoms with Gasteiger partial charge in [-0.25, -0.2) is 9.97 Å². The van der Waals surface area contributed by atoms with Gasteiger partial charge in [0.25, 0.3) is 0 Å². The fourth-order valence-corrected chi connectivity index (χ4v) is 2.36. The minimum atomic E-state index is -0.759. The standard InChI is InChI=1S/C11H17N5O2S/c1-2-3-12-11-15-9-8(13-6-14-9)10(16-11)19-5-7(18)4-17/h6-7,17-18H,2-5H2,1H3,(H2,12,13,14,15,16). The first-order valence-electron chi connectivity index (χ1n) is 6.11. The van der Waals surface area contributed by atoms with Crippen molar-refractivity contribution >= 4 is 28.9 Å². The molecule has 2 heterocycles. The number of imidazole rings is 1. The van der Waals surface area contributed by atoms with Gasteiger partial charge in [-0.15, -0.1) is 11.8 Å². The zero-order valence-corrected chi connectivity index (χ0v) is 11.4. The van der Waals surface area contributed by atoms with Crippen LogP contribution in [0.15, 0.2) is 11.4 Å². The second-order valence-corrected chi connectivity index (χ2v) is 5.04. The molecule has 19 heavy (non-hydrogen) atoms. The molecular weight excluding hydrogens is 266 g/mol. The third-order valence-electron chi connectivity index (χ3n) is 2.41. The van der Waals surface area contributed by atoms with Gasteiger partial charge in [0.15, 0.2) is 5.65 Å². The zero-order chi connectivity index (χ0) is 13.7. The van der Waals surface area contributed by atoms with Crippen LogP contribution in [0.2, 0.25) is 0 Å². The summed E-state index contributed by atoms with van der Waals surface area (Å²) in [6.45, 7) is 2.60. The zero-order valence-electron chi connectivity index (χ0n) is 10.6. The van der Waals surface area contributed by atoms with E-state index in [1.165, 1.54) is 11.8 Å². The summed E-state index contributed by atoms with van der Waals surface area (Å²) in [6.07, 6.45) is 1.79. The van der Waals surface area contributed by atoms with Crippen LogP contribution in [-0.4, -0.2) is 55.2 Å². The molecule has 0 aliphatic carbocycles. The van der Waals surface area contributed by atoms with Crippen LogP contribution in [0.1, 0.15) is 13.3 Å². The lowest BCUT2D eigenvalue weighted by atomic mass is 10.4. The van der Waals surface area contributed by atoms with Gasteiger partial charge in [-0.05, 0) is 6.42 Å². The Morgan fingerprint density at radius 3 is 3.05 bits per heavy atom. The summed E-state index contributed by atoms with van der Waals surface area (Å²) in [6, 6.07) is 0.